The van der Waals surface area contributed by atoms with Gasteiger partial charge in [-0.25, -0.2) is 8.78 Å². The highest BCUT2D eigenvalue weighted by Crippen LogP contribution is 2.39. The molecule has 0 bridgehead atoms. The molecule has 3 aromatic rings. The summed E-state index contributed by atoms with van der Waals surface area (Å²) >= 11 is 0. The number of ether oxygens (including phenoxy) is 2. The van der Waals surface area contributed by atoms with Crippen LogP contribution in [0.4, 0.5) is 8.78 Å². The molecule has 1 spiro atoms. The number of aromatic nitrogens is 1. The van der Waals surface area contributed by atoms with E-state index < -0.39 is 59.6 Å². The second-order valence-electron chi connectivity index (χ2n) is 10.2. The summed E-state index contributed by atoms with van der Waals surface area (Å²) in [4.78, 5) is 61.7. The van der Waals surface area contributed by atoms with E-state index >= 15 is 0 Å². The second kappa shape index (κ2) is 11.9. The van der Waals surface area contributed by atoms with Gasteiger partial charge in [0.15, 0.2) is 17.1 Å². The smallest absolute Gasteiger partial charge is 0.327 e. The largest absolute Gasteiger partial charge is 0.482 e. The number of rotatable bonds is 9. The Balaban J connectivity index is 1.62. The van der Waals surface area contributed by atoms with Crippen molar-refractivity contribution in [1.82, 2.24) is 14.9 Å². The van der Waals surface area contributed by atoms with Crippen molar-refractivity contribution in [2.75, 3.05) is 38.0 Å². The van der Waals surface area contributed by atoms with Crippen molar-refractivity contribution >= 4 is 19.4 Å². The van der Waals surface area contributed by atoms with E-state index in [1.54, 1.807) is 30.3 Å². The van der Waals surface area contributed by atoms with Gasteiger partial charge in [-0.15, -0.1) is 0 Å². The Morgan fingerprint density at radius 1 is 1.16 bits per heavy atom. The third kappa shape index (κ3) is 6.04. The number of fused-ring (bicyclic) bond motifs is 1. The fourth-order valence-electron chi connectivity index (χ4n) is 5.20. The first-order chi connectivity index (χ1) is 20.4. The first-order valence-corrected chi connectivity index (χ1v) is 15.1. The predicted molar refractivity (Wildman–Crippen MR) is 149 cm³/mol. The zero-order valence-corrected chi connectivity index (χ0v) is 23.9. The van der Waals surface area contributed by atoms with Crippen LogP contribution in [0, 0.1) is 11.6 Å². The Labute approximate surface area is 244 Å². The third-order valence-corrected chi connectivity index (χ3v) is 8.31. The molecule has 43 heavy (non-hydrogen) atoms. The van der Waals surface area contributed by atoms with Crippen LogP contribution in [0.15, 0.2) is 59.5 Å². The Morgan fingerprint density at radius 2 is 1.91 bits per heavy atom. The summed E-state index contributed by atoms with van der Waals surface area (Å²) in [6, 6.07) is 11.6. The minimum absolute atomic E-state index is 0.00640. The van der Waals surface area contributed by atoms with Crippen LogP contribution in [0.3, 0.4) is 0 Å². The molecule has 2 aliphatic rings. The summed E-state index contributed by atoms with van der Waals surface area (Å²) in [5, 5.41) is 3.93. The summed E-state index contributed by atoms with van der Waals surface area (Å²) in [5.41, 5.74) is -2.19. The lowest BCUT2D eigenvalue weighted by Gasteiger charge is -2.52. The molecular weight excluding hydrogens is 589 g/mol. The average molecular weight is 619 g/mol. The highest BCUT2D eigenvalue weighted by molar-refractivity contribution is 7.51. The zero-order valence-electron chi connectivity index (χ0n) is 23.0. The average Bonchev–Trinajstić information content (AvgIpc) is 3.45. The van der Waals surface area contributed by atoms with Crippen LogP contribution >= 0.6 is 7.60 Å². The predicted octanol–water partition coefficient (Wildman–Crippen LogP) is 1.95. The lowest BCUT2D eigenvalue weighted by Crippen LogP contribution is -2.70. The number of carbonyl (C=O) groups excluding carboxylic acids is 2. The van der Waals surface area contributed by atoms with Crippen molar-refractivity contribution in [1.29, 1.82) is 0 Å². The normalized spacial score (nSPS) is 18.2. The molecule has 2 aliphatic heterocycles. The van der Waals surface area contributed by atoms with E-state index in [4.69, 9.17) is 9.47 Å². The van der Waals surface area contributed by atoms with Gasteiger partial charge in [0.2, 0.25) is 5.43 Å². The summed E-state index contributed by atoms with van der Waals surface area (Å²) in [5.74, 6) is -3.70. The van der Waals surface area contributed by atoms with Crippen LogP contribution in [-0.4, -0.2) is 69.8 Å². The van der Waals surface area contributed by atoms with E-state index in [2.05, 4.69) is 5.32 Å². The fourth-order valence-corrected chi connectivity index (χ4v) is 5.65. The maximum absolute atomic E-state index is 14.2. The first kappa shape index (κ1) is 30.4. The van der Waals surface area contributed by atoms with Gasteiger partial charge in [-0.1, -0.05) is 36.4 Å². The third-order valence-electron chi connectivity index (χ3n) is 7.53. The van der Waals surface area contributed by atoms with Crippen LogP contribution in [0.2, 0.25) is 0 Å². The zero-order chi connectivity index (χ0) is 30.9. The lowest BCUT2D eigenvalue weighted by atomic mass is 10.0. The Morgan fingerprint density at radius 3 is 2.56 bits per heavy atom. The molecule has 0 radical (unpaired) electrons. The van der Waals surface area contributed by atoms with Crippen molar-refractivity contribution in [3.8, 4) is 5.75 Å². The second-order valence-corrected chi connectivity index (χ2v) is 12.0. The summed E-state index contributed by atoms with van der Waals surface area (Å²) in [6.07, 6.45) is 0.773. The minimum Gasteiger partial charge on any atom is -0.482 e. The van der Waals surface area contributed by atoms with E-state index in [0.29, 0.717) is 11.6 Å². The molecule has 3 heterocycles. The lowest BCUT2D eigenvalue weighted by molar-refractivity contribution is 0.0304. The number of nitrogens with zero attached hydrogens (tertiary/aromatic N) is 3. The molecule has 1 aromatic heterocycles. The van der Waals surface area contributed by atoms with Crippen LogP contribution in [0.5, 0.6) is 5.75 Å². The number of amides is 2. The number of pyridine rings is 1. The standard InChI is InChI=1S/C28H29F2N4O8P/c1-32-27(37)23-25(42-16-18-5-3-2-4-6-18)24(35)21(26(36)31-14-19-7-8-20(29)13-22(19)30)15-33(23)34(10-12-43(38,39)40)28(32)9-11-41-17-28/h2-8,13,15H,9-12,14,16-17H2,1H3,(H,31,36)(H2,38,39,40)/t28-/m1/s1. The van der Waals surface area contributed by atoms with Gasteiger partial charge < -0.3 is 29.5 Å². The number of hydrogen-bond donors (Lipinski definition) is 3. The van der Waals surface area contributed by atoms with Crippen molar-refractivity contribution in [3.63, 3.8) is 0 Å². The molecular formula is C28H29F2N4O8P. The number of hydrogen-bond acceptors (Lipinski definition) is 7. The van der Waals surface area contributed by atoms with E-state index in [1.807, 2.05) is 0 Å². The van der Waals surface area contributed by atoms with Crippen molar-refractivity contribution in [3.05, 3.63) is 99.0 Å². The molecule has 15 heteroatoms. The molecule has 12 nitrogen and oxygen atoms in total. The van der Waals surface area contributed by atoms with Crippen molar-refractivity contribution < 1.29 is 42.2 Å². The van der Waals surface area contributed by atoms with Crippen molar-refractivity contribution in [2.24, 2.45) is 0 Å². The number of halogens is 2. The van der Waals surface area contributed by atoms with Crippen LogP contribution in [0.1, 0.15) is 38.4 Å². The van der Waals surface area contributed by atoms with Gasteiger partial charge in [0, 0.05) is 44.4 Å². The molecule has 2 amide bonds. The van der Waals surface area contributed by atoms with E-state index in [-0.39, 0.29) is 50.6 Å². The molecule has 1 fully saturated rings. The van der Waals surface area contributed by atoms with E-state index in [0.717, 1.165) is 18.3 Å². The Kier molecular flexibility index (Phi) is 8.39. The van der Waals surface area contributed by atoms with Gasteiger partial charge >= 0.3 is 7.60 Å². The molecule has 3 N–H and O–H groups in total. The Hall–Kier alpha value is -4.10. The summed E-state index contributed by atoms with van der Waals surface area (Å²) in [7, 11) is -3.03. The minimum atomic E-state index is -4.53. The van der Waals surface area contributed by atoms with Gasteiger partial charge in [-0.2, -0.15) is 0 Å². The van der Waals surface area contributed by atoms with Gasteiger partial charge in [-0.3, -0.25) is 28.6 Å². The van der Waals surface area contributed by atoms with E-state index in [1.165, 1.54) is 21.6 Å². The fraction of sp³-hybridized carbons (Fsp3) is 0.321. The molecule has 1 saturated heterocycles. The van der Waals surface area contributed by atoms with Gasteiger partial charge in [0.05, 0.1) is 19.4 Å². The highest BCUT2D eigenvalue weighted by Gasteiger charge is 2.52. The number of nitrogens with one attached hydrogen (secondary N) is 1. The summed E-state index contributed by atoms with van der Waals surface area (Å²) in [6.45, 7) is -0.557. The monoisotopic (exact) mass is 618 g/mol. The molecule has 2 aromatic carbocycles. The number of likely N-dealkylation sites (N-methyl/N-ethyl adjacent to an activating group) is 1. The number of benzene rings is 2. The van der Waals surface area contributed by atoms with Gasteiger partial charge in [-0.05, 0) is 11.6 Å². The SMILES string of the molecule is CN1C(=O)c2c(OCc3ccccc3)c(=O)c(C(=O)NCc3ccc(F)cc3F)cn2N(CCP(=O)(O)O)[C@@]12CCOC2. The van der Waals surface area contributed by atoms with Crippen LogP contribution in [-0.2, 0) is 22.5 Å². The molecule has 0 aliphatic carbocycles. The van der Waals surface area contributed by atoms with Gasteiger partial charge in [0.1, 0.15) is 23.8 Å². The van der Waals surface area contributed by atoms with Gasteiger partial charge in [0.25, 0.3) is 11.8 Å². The highest BCUT2D eigenvalue weighted by atomic mass is 31.2. The Bertz CT molecular complexity index is 1660. The van der Waals surface area contributed by atoms with Crippen LogP contribution < -0.4 is 20.5 Å². The molecule has 0 unspecified atom stereocenters. The maximum Gasteiger partial charge on any atom is 0.327 e. The maximum atomic E-state index is 14.2. The first-order valence-electron chi connectivity index (χ1n) is 13.3. The molecule has 1 atom stereocenters. The van der Waals surface area contributed by atoms with Crippen molar-refractivity contribution in [2.45, 2.75) is 25.2 Å². The topological polar surface area (TPSA) is 151 Å². The molecule has 228 valence electrons. The quantitative estimate of drug-likeness (QED) is 0.306. The summed E-state index contributed by atoms with van der Waals surface area (Å²) < 4.78 is 52.2. The molecule has 5 rings (SSSR count). The van der Waals surface area contributed by atoms with Crippen LogP contribution in [0.25, 0.3) is 0 Å². The molecule has 0 saturated carbocycles. The van der Waals surface area contributed by atoms with E-state index in [9.17, 15) is 37.5 Å². The number of carbonyl (C=O) groups is 2.